The lowest BCUT2D eigenvalue weighted by atomic mass is 9.83. The smallest absolute Gasteiger partial charge is 0.316 e. The molecule has 0 aromatic carbocycles. The van der Waals surface area contributed by atoms with Crippen molar-refractivity contribution in [2.45, 2.75) is 58.0 Å². The molecule has 0 heterocycles. The Morgan fingerprint density at radius 2 is 2.10 bits per heavy atom. The minimum atomic E-state index is -0.330. The monoisotopic (exact) mass is 286 g/mol. The van der Waals surface area contributed by atoms with Crippen LogP contribution < -0.4 is 0 Å². The van der Waals surface area contributed by atoms with Gasteiger partial charge in [0.05, 0.1) is 5.41 Å². The van der Waals surface area contributed by atoms with Gasteiger partial charge in [0, 0.05) is 0 Å². The molecule has 2 saturated carbocycles. The second kappa shape index (κ2) is 4.47. The van der Waals surface area contributed by atoms with Crippen LogP contribution in [0.5, 0.6) is 0 Å². The first-order chi connectivity index (χ1) is 9.96. The molecule has 4 aliphatic carbocycles. The third kappa shape index (κ3) is 2.27. The molecule has 0 aromatic rings. The lowest BCUT2D eigenvalue weighted by Gasteiger charge is -2.34. The van der Waals surface area contributed by atoms with E-state index in [2.05, 4.69) is 38.2 Å². The Kier molecular flexibility index (Phi) is 2.90. The molecule has 0 aromatic heterocycles. The molecule has 4 aliphatic rings. The van der Waals surface area contributed by atoms with Crippen molar-refractivity contribution < 1.29 is 9.53 Å². The number of allylic oxidation sites excluding steroid dienone is 3. The van der Waals surface area contributed by atoms with Gasteiger partial charge in [0.1, 0.15) is 5.60 Å². The van der Waals surface area contributed by atoms with Gasteiger partial charge < -0.3 is 4.74 Å². The highest BCUT2D eigenvalue weighted by Crippen LogP contribution is 2.51. The summed E-state index contributed by atoms with van der Waals surface area (Å²) in [4.78, 5) is 12.7. The number of hydrogen-bond acceptors (Lipinski definition) is 2. The van der Waals surface area contributed by atoms with Crippen LogP contribution in [0.4, 0.5) is 0 Å². The Balaban J connectivity index is 1.40. The Hall–Kier alpha value is -1.05. The highest BCUT2D eigenvalue weighted by atomic mass is 16.6. The van der Waals surface area contributed by atoms with E-state index in [-0.39, 0.29) is 17.0 Å². The van der Waals surface area contributed by atoms with Crippen molar-refractivity contribution >= 4 is 5.97 Å². The van der Waals surface area contributed by atoms with E-state index in [1.54, 1.807) is 0 Å². The number of rotatable bonds is 4. The molecule has 21 heavy (non-hydrogen) atoms. The highest BCUT2D eigenvalue weighted by molar-refractivity contribution is 5.81. The van der Waals surface area contributed by atoms with Crippen LogP contribution in [0, 0.1) is 29.1 Å². The number of hydrogen-bond donors (Lipinski definition) is 0. The van der Waals surface area contributed by atoms with Gasteiger partial charge in [-0.25, -0.2) is 0 Å². The summed E-state index contributed by atoms with van der Waals surface area (Å²) < 4.78 is 6.00. The molecular formula is C19H26O2. The van der Waals surface area contributed by atoms with Crippen LogP contribution in [0.2, 0.25) is 0 Å². The predicted molar refractivity (Wildman–Crippen MR) is 82.5 cm³/mol. The second-order valence-electron chi connectivity index (χ2n) is 8.41. The zero-order valence-corrected chi connectivity index (χ0v) is 13.2. The molecule has 5 unspecified atom stereocenters. The van der Waals surface area contributed by atoms with Crippen LogP contribution >= 0.6 is 0 Å². The Labute approximate surface area is 127 Å². The standard InChI is InChI=1S/C19H26O2/c1-18(2,12-16-10-14-3-4-15(16)9-14)21-17(20)19-7-5-13(11-19)6-8-19/h3-5,7,13-16H,6,8-12H2,1-2H3. The van der Waals surface area contributed by atoms with E-state index in [0.717, 1.165) is 37.5 Å². The van der Waals surface area contributed by atoms with Crippen LogP contribution in [0.1, 0.15) is 52.4 Å². The van der Waals surface area contributed by atoms with Crippen molar-refractivity contribution in [3.05, 3.63) is 24.3 Å². The Morgan fingerprint density at radius 1 is 1.24 bits per heavy atom. The molecule has 0 amide bonds. The number of fused-ring (bicyclic) bond motifs is 4. The fraction of sp³-hybridized carbons (Fsp3) is 0.737. The maximum absolute atomic E-state index is 12.7. The molecule has 0 spiro atoms. The lowest BCUT2D eigenvalue weighted by Crippen LogP contribution is -2.37. The third-order valence-electron chi connectivity index (χ3n) is 6.22. The summed E-state index contributed by atoms with van der Waals surface area (Å²) >= 11 is 0. The first-order valence-electron chi connectivity index (χ1n) is 8.57. The Bertz CT molecular complexity index is 516. The first-order valence-corrected chi connectivity index (χ1v) is 8.57. The van der Waals surface area contributed by atoms with Gasteiger partial charge >= 0.3 is 5.97 Å². The summed E-state index contributed by atoms with van der Waals surface area (Å²) in [7, 11) is 0. The summed E-state index contributed by atoms with van der Waals surface area (Å²) in [6, 6.07) is 0. The van der Waals surface area contributed by atoms with Gasteiger partial charge in [-0.05, 0) is 76.0 Å². The fourth-order valence-corrected chi connectivity index (χ4v) is 5.16. The van der Waals surface area contributed by atoms with E-state index in [1.807, 2.05) is 0 Å². The van der Waals surface area contributed by atoms with Gasteiger partial charge in [0.2, 0.25) is 0 Å². The van der Waals surface area contributed by atoms with E-state index in [9.17, 15) is 4.79 Å². The van der Waals surface area contributed by atoms with Crippen LogP contribution in [-0.4, -0.2) is 11.6 Å². The van der Waals surface area contributed by atoms with Gasteiger partial charge in [-0.15, -0.1) is 0 Å². The van der Waals surface area contributed by atoms with Gasteiger partial charge in [0.15, 0.2) is 0 Å². The van der Waals surface area contributed by atoms with Crippen molar-refractivity contribution in [3.8, 4) is 0 Å². The molecule has 5 atom stereocenters. The molecule has 4 bridgehead atoms. The lowest BCUT2D eigenvalue weighted by molar-refractivity contribution is -0.167. The predicted octanol–water partition coefficient (Wildman–Crippen LogP) is 4.27. The molecule has 4 rings (SSSR count). The molecule has 2 nitrogen and oxygen atoms in total. The number of carbonyl (C=O) groups is 1. The largest absolute Gasteiger partial charge is 0.459 e. The highest BCUT2D eigenvalue weighted by Gasteiger charge is 2.49. The number of esters is 1. The van der Waals surface area contributed by atoms with Crippen LogP contribution in [-0.2, 0) is 9.53 Å². The molecule has 0 aliphatic heterocycles. The van der Waals surface area contributed by atoms with E-state index in [4.69, 9.17) is 4.74 Å². The summed E-state index contributed by atoms with van der Waals surface area (Å²) in [5, 5.41) is 0. The molecular weight excluding hydrogens is 260 g/mol. The van der Waals surface area contributed by atoms with Crippen LogP contribution in [0.25, 0.3) is 0 Å². The summed E-state index contributed by atoms with van der Waals surface area (Å²) in [6.07, 6.45) is 15.9. The van der Waals surface area contributed by atoms with Gasteiger partial charge in [-0.1, -0.05) is 24.3 Å². The van der Waals surface area contributed by atoms with E-state index < -0.39 is 0 Å². The molecule has 114 valence electrons. The van der Waals surface area contributed by atoms with Crippen LogP contribution in [0.15, 0.2) is 24.3 Å². The molecule has 0 saturated heterocycles. The average molecular weight is 286 g/mol. The quantitative estimate of drug-likeness (QED) is 0.570. The topological polar surface area (TPSA) is 26.3 Å². The summed E-state index contributed by atoms with van der Waals surface area (Å²) in [5.74, 6) is 2.88. The van der Waals surface area contributed by atoms with Gasteiger partial charge in [-0.2, -0.15) is 0 Å². The third-order valence-corrected chi connectivity index (χ3v) is 6.22. The van der Waals surface area contributed by atoms with Crippen molar-refractivity contribution in [1.29, 1.82) is 0 Å². The zero-order chi connectivity index (χ0) is 14.7. The molecule has 0 N–H and O–H groups in total. The molecule has 2 fully saturated rings. The van der Waals surface area contributed by atoms with E-state index >= 15 is 0 Å². The number of carbonyl (C=O) groups excluding carboxylic acids is 1. The first kappa shape index (κ1) is 13.6. The fourth-order valence-electron chi connectivity index (χ4n) is 5.16. The van der Waals surface area contributed by atoms with Crippen molar-refractivity contribution in [1.82, 2.24) is 0 Å². The van der Waals surface area contributed by atoms with Crippen molar-refractivity contribution in [3.63, 3.8) is 0 Å². The minimum Gasteiger partial charge on any atom is -0.459 e. The second-order valence-corrected chi connectivity index (χ2v) is 8.41. The minimum absolute atomic E-state index is 0.0300. The SMILES string of the molecule is CC(C)(CC1CC2C=CC1C2)OC(=O)C12C=CC(CC1)C2. The Morgan fingerprint density at radius 3 is 2.62 bits per heavy atom. The molecule has 2 heteroatoms. The number of ether oxygens (including phenoxy) is 1. The van der Waals surface area contributed by atoms with Gasteiger partial charge in [0.25, 0.3) is 0 Å². The van der Waals surface area contributed by atoms with Crippen molar-refractivity contribution in [2.24, 2.45) is 29.1 Å². The van der Waals surface area contributed by atoms with E-state index in [0.29, 0.717) is 11.8 Å². The normalized spacial score (nSPS) is 43.0. The summed E-state index contributed by atoms with van der Waals surface area (Å²) in [5.41, 5.74) is -0.611. The summed E-state index contributed by atoms with van der Waals surface area (Å²) in [6.45, 7) is 4.20. The van der Waals surface area contributed by atoms with Crippen LogP contribution in [0.3, 0.4) is 0 Å². The average Bonchev–Trinajstić information content (AvgIpc) is 3.18. The van der Waals surface area contributed by atoms with Crippen molar-refractivity contribution in [2.75, 3.05) is 0 Å². The molecule has 0 radical (unpaired) electrons. The van der Waals surface area contributed by atoms with Gasteiger partial charge in [-0.3, -0.25) is 4.79 Å². The zero-order valence-electron chi connectivity index (χ0n) is 13.2. The maximum atomic E-state index is 12.7. The maximum Gasteiger partial charge on any atom is 0.316 e. The van der Waals surface area contributed by atoms with E-state index in [1.165, 1.54) is 12.8 Å².